The van der Waals surface area contributed by atoms with Crippen LogP contribution in [0.25, 0.3) is 0 Å². The van der Waals surface area contributed by atoms with Crippen molar-refractivity contribution in [3.8, 4) is 0 Å². The van der Waals surface area contributed by atoms with Crippen LogP contribution in [0.15, 0.2) is 22.7 Å². The number of benzene rings is 1. The number of aryl methyl sites for hydroxylation is 1. The van der Waals surface area contributed by atoms with Crippen molar-refractivity contribution in [3.63, 3.8) is 0 Å². The number of amides is 1. The summed E-state index contributed by atoms with van der Waals surface area (Å²) in [6, 6.07) is 5.45. The summed E-state index contributed by atoms with van der Waals surface area (Å²) in [6.07, 6.45) is 2.73. The number of nitrogens with one attached hydrogen (secondary N) is 1. The fraction of sp³-hybridized carbons (Fsp3) is 0.500. The molecule has 1 aromatic carbocycles. The van der Waals surface area contributed by atoms with Crippen molar-refractivity contribution < 1.29 is 13.2 Å². The van der Waals surface area contributed by atoms with Gasteiger partial charge in [0.2, 0.25) is 15.9 Å². The third kappa shape index (κ3) is 6.15. The van der Waals surface area contributed by atoms with E-state index in [1.165, 1.54) is 4.31 Å². The summed E-state index contributed by atoms with van der Waals surface area (Å²) in [5.41, 5.74) is 1.66. The standard InChI is InChI=1S/C14H21BrN2O3S/c1-4-5-8-17(21(3,19)20)10-14(18)16-12-6-7-13(15)11(2)9-12/h6-7,9H,4-5,8,10H2,1-3H3,(H,16,18). The van der Waals surface area contributed by atoms with Crippen LogP contribution in [0.5, 0.6) is 0 Å². The highest BCUT2D eigenvalue weighted by Crippen LogP contribution is 2.20. The second-order valence-corrected chi connectivity index (χ2v) is 7.80. The molecule has 0 saturated carbocycles. The van der Waals surface area contributed by atoms with E-state index < -0.39 is 10.0 Å². The summed E-state index contributed by atoms with van der Waals surface area (Å²) in [5.74, 6) is -0.335. The van der Waals surface area contributed by atoms with E-state index in [9.17, 15) is 13.2 Å². The van der Waals surface area contributed by atoms with Crippen LogP contribution in [0.4, 0.5) is 5.69 Å². The molecule has 0 spiro atoms. The van der Waals surface area contributed by atoms with Crippen LogP contribution in [0.1, 0.15) is 25.3 Å². The first-order chi connectivity index (χ1) is 9.74. The fourth-order valence-corrected chi connectivity index (χ4v) is 2.84. The normalized spacial score (nSPS) is 11.7. The average molecular weight is 377 g/mol. The largest absolute Gasteiger partial charge is 0.325 e. The summed E-state index contributed by atoms with van der Waals surface area (Å²) >= 11 is 3.39. The smallest absolute Gasteiger partial charge is 0.239 e. The van der Waals surface area contributed by atoms with Gasteiger partial charge in [0.05, 0.1) is 12.8 Å². The van der Waals surface area contributed by atoms with Crippen molar-refractivity contribution in [2.45, 2.75) is 26.7 Å². The van der Waals surface area contributed by atoms with Gasteiger partial charge >= 0.3 is 0 Å². The van der Waals surface area contributed by atoms with E-state index >= 15 is 0 Å². The lowest BCUT2D eigenvalue weighted by Gasteiger charge is -2.19. The first kappa shape index (κ1) is 18.1. The molecule has 0 aliphatic heterocycles. The van der Waals surface area contributed by atoms with Crippen molar-refractivity contribution >= 4 is 37.5 Å². The molecule has 0 radical (unpaired) electrons. The van der Waals surface area contributed by atoms with Crippen LogP contribution >= 0.6 is 15.9 Å². The Balaban J connectivity index is 2.71. The van der Waals surface area contributed by atoms with Crippen LogP contribution in [0.3, 0.4) is 0 Å². The molecular formula is C14H21BrN2O3S. The molecule has 0 heterocycles. The first-order valence-electron chi connectivity index (χ1n) is 6.75. The van der Waals surface area contributed by atoms with E-state index in [1.54, 1.807) is 6.07 Å². The Morgan fingerprint density at radius 3 is 2.57 bits per heavy atom. The quantitative estimate of drug-likeness (QED) is 0.795. The molecule has 21 heavy (non-hydrogen) atoms. The Morgan fingerprint density at radius 1 is 1.38 bits per heavy atom. The number of unbranched alkanes of at least 4 members (excludes halogenated alkanes) is 1. The molecule has 0 aliphatic carbocycles. The Labute approximate surface area is 134 Å². The Morgan fingerprint density at radius 2 is 2.05 bits per heavy atom. The molecule has 0 aliphatic rings. The van der Waals surface area contributed by atoms with Gasteiger partial charge in [0.25, 0.3) is 0 Å². The molecule has 1 rings (SSSR count). The van der Waals surface area contributed by atoms with Crippen LogP contribution in [-0.4, -0.2) is 38.0 Å². The zero-order valence-corrected chi connectivity index (χ0v) is 14.9. The second-order valence-electron chi connectivity index (χ2n) is 4.96. The highest BCUT2D eigenvalue weighted by molar-refractivity contribution is 9.10. The predicted octanol–water partition coefficient (Wildman–Crippen LogP) is 2.76. The van der Waals surface area contributed by atoms with Gasteiger partial charge in [-0.2, -0.15) is 4.31 Å². The molecule has 0 unspecified atom stereocenters. The van der Waals surface area contributed by atoms with E-state index in [1.807, 2.05) is 26.0 Å². The zero-order valence-electron chi connectivity index (χ0n) is 12.5. The molecule has 118 valence electrons. The number of anilines is 1. The predicted molar refractivity (Wildman–Crippen MR) is 88.8 cm³/mol. The monoisotopic (exact) mass is 376 g/mol. The van der Waals surface area contributed by atoms with Crippen molar-refractivity contribution in [2.75, 3.05) is 24.7 Å². The van der Waals surface area contributed by atoms with Gasteiger partial charge in [-0.15, -0.1) is 0 Å². The lowest BCUT2D eigenvalue weighted by atomic mass is 10.2. The van der Waals surface area contributed by atoms with Crippen molar-refractivity contribution in [1.82, 2.24) is 4.31 Å². The minimum Gasteiger partial charge on any atom is -0.325 e. The summed E-state index contributed by atoms with van der Waals surface area (Å²) in [6.45, 7) is 4.10. The molecule has 1 amide bonds. The molecule has 0 saturated heterocycles. The highest BCUT2D eigenvalue weighted by atomic mass is 79.9. The van der Waals surface area contributed by atoms with E-state index in [4.69, 9.17) is 0 Å². The molecule has 0 aromatic heterocycles. The van der Waals surface area contributed by atoms with Crippen LogP contribution in [0, 0.1) is 6.92 Å². The lowest BCUT2D eigenvalue weighted by molar-refractivity contribution is -0.116. The summed E-state index contributed by atoms with van der Waals surface area (Å²) < 4.78 is 25.5. The molecule has 0 fully saturated rings. The molecular weight excluding hydrogens is 356 g/mol. The highest BCUT2D eigenvalue weighted by Gasteiger charge is 2.19. The minimum absolute atomic E-state index is 0.159. The number of hydrogen-bond donors (Lipinski definition) is 1. The van der Waals surface area contributed by atoms with Crippen molar-refractivity contribution in [2.24, 2.45) is 0 Å². The molecule has 0 bridgehead atoms. The van der Waals surface area contributed by atoms with Crippen LogP contribution < -0.4 is 5.32 Å². The van der Waals surface area contributed by atoms with E-state index in [-0.39, 0.29) is 12.5 Å². The number of carbonyl (C=O) groups excluding carboxylic acids is 1. The van der Waals surface area contributed by atoms with Gasteiger partial charge < -0.3 is 5.32 Å². The lowest BCUT2D eigenvalue weighted by Crippen LogP contribution is -2.38. The van der Waals surface area contributed by atoms with Crippen LogP contribution in [-0.2, 0) is 14.8 Å². The van der Waals surface area contributed by atoms with E-state index in [2.05, 4.69) is 21.2 Å². The number of nitrogens with zero attached hydrogens (tertiary/aromatic N) is 1. The number of hydrogen-bond acceptors (Lipinski definition) is 3. The second kappa shape index (κ2) is 7.91. The molecule has 5 nitrogen and oxygen atoms in total. The topological polar surface area (TPSA) is 66.5 Å². The third-order valence-electron chi connectivity index (χ3n) is 2.99. The molecule has 1 N–H and O–H groups in total. The minimum atomic E-state index is -3.37. The van der Waals surface area contributed by atoms with Gasteiger partial charge in [-0.3, -0.25) is 4.79 Å². The Hall–Kier alpha value is -0.920. The van der Waals surface area contributed by atoms with Gasteiger partial charge in [0.15, 0.2) is 0 Å². The van der Waals surface area contributed by atoms with Gasteiger partial charge in [-0.1, -0.05) is 29.3 Å². The maximum atomic E-state index is 12.0. The average Bonchev–Trinajstić information content (AvgIpc) is 2.37. The van der Waals surface area contributed by atoms with Crippen molar-refractivity contribution in [3.05, 3.63) is 28.2 Å². The van der Waals surface area contributed by atoms with E-state index in [0.29, 0.717) is 12.2 Å². The molecule has 7 heteroatoms. The van der Waals surface area contributed by atoms with Gasteiger partial charge in [-0.25, -0.2) is 8.42 Å². The van der Waals surface area contributed by atoms with Gasteiger partial charge in [0.1, 0.15) is 0 Å². The van der Waals surface area contributed by atoms with Crippen molar-refractivity contribution in [1.29, 1.82) is 0 Å². The summed E-state index contributed by atoms with van der Waals surface area (Å²) in [5, 5.41) is 2.72. The van der Waals surface area contributed by atoms with Crippen LogP contribution in [0.2, 0.25) is 0 Å². The van der Waals surface area contributed by atoms with Gasteiger partial charge in [-0.05, 0) is 37.1 Å². The third-order valence-corrected chi connectivity index (χ3v) is 5.13. The maximum absolute atomic E-state index is 12.0. The molecule has 0 atom stereocenters. The maximum Gasteiger partial charge on any atom is 0.239 e. The number of carbonyl (C=O) groups is 1. The van der Waals surface area contributed by atoms with E-state index in [0.717, 1.165) is 29.1 Å². The summed E-state index contributed by atoms with van der Waals surface area (Å²) in [7, 11) is -3.37. The number of halogens is 1. The Kier molecular flexibility index (Phi) is 6.83. The Bertz CT molecular complexity index is 602. The number of rotatable bonds is 7. The number of sulfonamides is 1. The fourth-order valence-electron chi connectivity index (χ4n) is 1.78. The first-order valence-corrected chi connectivity index (χ1v) is 9.39. The molecule has 1 aromatic rings. The zero-order chi connectivity index (χ0) is 16.0. The SMILES string of the molecule is CCCCN(CC(=O)Nc1ccc(Br)c(C)c1)S(C)(=O)=O. The summed E-state index contributed by atoms with van der Waals surface area (Å²) in [4.78, 5) is 12.0. The van der Waals surface area contributed by atoms with Gasteiger partial charge in [0, 0.05) is 16.7 Å².